The normalized spacial score (nSPS) is 12.4. The Bertz CT molecular complexity index is 918. The first-order valence-electron chi connectivity index (χ1n) is 7.99. The van der Waals surface area contributed by atoms with Gasteiger partial charge in [-0.2, -0.15) is 5.10 Å². The first kappa shape index (κ1) is 17.3. The molecule has 130 valence electrons. The van der Waals surface area contributed by atoms with Crippen LogP contribution in [-0.4, -0.2) is 41.6 Å². The van der Waals surface area contributed by atoms with Gasteiger partial charge in [-0.1, -0.05) is 24.3 Å². The number of H-pyrrole nitrogens is 1. The standard InChI is InChI=1S/C18H20N4O2S/c1-22(2)15(16-8-5-9-25-16)11-19-17(23)10-14-12-6-3-4-7-13(12)18(24)21-20-14/h3-9,15H,10-11H2,1-2H3,(H,19,23)(H,21,24)/t15-/m1/s1. The number of carbonyl (C=O) groups is 1. The third-order valence-electron chi connectivity index (χ3n) is 4.09. The number of aromatic amines is 1. The number of fused-ring (bicyclic) bond motifs is 1. The van der Waals surface area contributed by atoms with Gasteiger partial charge < -0.3 is 10.2 Å². The van der Waals surface area contributed by atoms with Crippen LogP contribution in [0, 0.1) is 0 Å². The molecule has 2 heterocycles. The van der Waals surface area contributed by atoms with E-state index in [1.807, 2.05) is 37.7 Å². The molecule has 3 rings (SSSR count). The molecule has 3 aromatic rings. The molecule has 6 nitrogen and oxygen atoms in total. The Labute approximate surface area is 149 Å². The van der Waals surface area contributed by atoms with Crippen LogP contribution in [0.25, 0.3) is 10.8 Å². The average molecular weight is 356 g/mol. The number of amides is 1. The first-order chi connectivity index (χ1) is 12.1. The zero-order valence-electron chi connectivity index (χ0n) is 14.2. The van der Waals surface area contributed by atoms with Gasteiger partial charge in [0.1, 0.15) is 0 Å². The number of hydrogen-bond acceptors (Lipinski definition) is 5. The molecule has 0 spiro atoms. The van der Waals surface area contributed by atoms with Crippen molar-refractivity contribution in [1.82, 2.24) is 20.4 Å². The Kier molecular flexibility index (Phi) is 5.25. The van der Waals surface area contributed by atoms with E-state index < -0.39 is 0 Å². The minimum absolute atomic E-state index is 0.117. The Balaban J connectivity index is 1.71. The van der Waals surface area contributed by atoms with E-state index in [4.69, 9.17) is 0 Å². The summed E-state index contributed by atoms with van der Waals surface area (Å²) in [5.41, 5.74) is 0.329. The van der Waals surface area contributed by atoms with Crippen LogP contribution in [0.3, 0.4) is 0 Å². The van der Waals surface area contributed by atoms with Crippen LogP contribution in [0.15, 0.2) is 46.6 Å². The summed E-state index contributed by atoms with van der Waals surface area (Å²) < 4.78 is 0. The number of nitrogens with one attached hydrogen (secondary N) is 2. The summed E-state index contributed by atoms with van der Waals surface area (Å²) in [7, 11) is 3.99. The van der Waals surface area contributed by atoms with E-state index in [9.17, 15) is 9.59 Å². The number of hydrogen-bond donors (Lipinski definition) is 2. The molecule has 0 bridgehead atoms. The Hall–Kier alpha value is -2.51. The van der Waals surface area contributed by atoms with Crippen LogP contribution < -0.4 is 10.9 Å². The SMILES string of the molecule is CN(C)[C@H](CNC(=O)Cc1n[nH]c(=O)c2ccccc12)c1cccs1. The molecule has 0 aliphatic rings. The van der Waals surface area contributed by atoms with Gasteiger partial charge in [0.2, 0.25) is 5.91 Å². The second kappa shape index (κ2) is 7.58. The molecule has 2 aromatic heterocycles. The van der Waals surface area contributed by atoms with Crippen LogP contribution in [0.2, 0.25) is 0 Å². The van der Waals surface area contributed by atoms with E-state index in [0.29, 0.717) is 23.0 Å². The van der Waals surface area contributed by atoms with E-state index in [2.05, 4.69) is 26.5 Å². The minimum atomic E-state index is -0.245. The zero-order chi connectivity index (χ0) is 17.8. The summed E-state index contributed by atoms with van der Waals surface area (Å²) in [6.07, 6.45) is 0.127. The van der Waals surface area contributed by atoms with Gasteiger partial charge in [0, 0.05) is 16.8 Å². The summed E-state index contributed by atoms with van der Waals surface area (Å²) in [5.74, 6) is -0.117. The third-order valence-corrected chi connectivity index (χ3v) is 5.06. The highest BCUT2D eigenvalue weighted by molar-refractivity contribution is 7.10. The molecule has 7 heteroatoms. The van der Waals surface area contributed by atoms with Crippen LogP contribution in [-0.2, 0) is 11.2 Å². The Morgan fingerprint density at radius 1 is 1.24 bits per heavy atom. The van der Waals surface area contributed by atoms with Gasteiger partial charge in [-0.25, -0.2) is 5.10 Å². The number of thiophene rings is 1. The second-order valence-electron chi connectivity index (χ2n) is 6.02. The van der Waals surface area contributed by atoms with Crippen molar-refractivity contribution in [1.29, 1.82) is 0 Å². The van der Waals surface area contributed by atoms with Gasteiger partial charge in [0.25, 0.3) is 5.56 Å². The molecule has 1 aromatic carbocycles. The van der Waals surface area contributed by atoms with Crippen LogP contribution in [0.1, 0.15) is 16.6 Å². The highest BCUT2D eigenvalue weighted by Crippen LogP contribution is 2.22. The van der Waals surface area contributed by atoms with Gasteiger partial charge in [-0.15, -0.1) is 11.3 Å². The molecule has 2 N–H and O–H groups in total. The predicted molar refractivity (Wildman–Crippen MR) is 99.8 cm³/mol. The van der Waals surface area contributed by atoms with Crippen LogP contribution in [0.4, 0.5) is 0 Å². The van der Waals surface area contributed by atoms with Gasteiger partial charge in [-0.3, -0.25) is 9.59 Å². The molecule has 0 saturated carbocycles. The van der Waals surface area contributed by atoms with Crippen LogP contribution in [0.5, 0.6) is 0 Å². The summed E-state index contributed by atoms with van der Waals surface area (Å²) in [6.45, 7) is 0.521. The summed E-state index contributed by atoms with van der Waals surface area (Å²) in [5, 5.41) is 12.8. The number of rotatable bonds is 6. The Morgan fingerprint density at radius 3 is 2.68 bits per heavy atom. The molecule has 0 fully saturated rings. The van der Waals surface area contributed by atoms with Crippen molar-refractivity contribution in [2.45, 2.75) is 12.5 Å². The van der Waals surface area contributed by atoms with Crippen molar-refractivity contribution >= 4 is 28.0 Å². The lowest BCUT2D eigenvalue weighted by Crippen LogP contribution is -2.35. The number of aromatic nitrogens is 2. The first-order valence-corrected chi connectivity index (χ1v) is 8.87. The van der Waals surface area contributed by atoms with Gasteiger partial charge in [-0.05, 0) is 31.6 Å². The van der Waals surface area contributed by atoms with Crippen molar-refractivity contribution in [2.24, 2.45) is 0 Å². The lowest BCUT2D eigenvalue weighted by Gasteiger charge is -2.23. The predicted octanol–water partition coefficient (Wildman–Crippen LogP) is 1.95. The monoisotopic (exact) mass is 356 g/mol. The number of benzene rings is 1. The lowest BCUT2D eigenvalue weighted by molar-refractivity contribution is -0.120. The second-order valence-corrected chi connectivity index (χ2v) is 7.00. The Morgan fingerprint density at radius 2 is 2.00 bits per heavy atom. The van der Waals surface area contributed by atoms with Gasteiger partial charge in [0.05, 0.1) is 23.5 Å². The highest BCUT2D eigenvalue weighted by Gasteiger charge is 2.17. The van der Waals surface area contributed by atoms with Crippen molar-refractivity contribution < 1.29 is 4.79 Å². The fraction of sp³-hybridized carbons (Fsp3) is 0.278. The summed E-state index contributed by atoms with van der Waals surface area (Å²) in [6, 6.07) is 11.4. The summed E-state index contributed by atoms with van der Waals surface area (Å²) in [4.78, 5) is 27.5. The van der Waals surface area contributed by atoms with E-state index in [-0.39, 0.29) is 23.9 Å². The average Bonchev–Trinajstić information content (AvgIpc) is 3.12. The molecular formula is C18H20N4O2S. The largest absolute Gasteiger partial charge is 0.354 e. The topological polar surface area (TPSA) is 78.1 Å². The van der Waals surface area contributed by atoms with Crippen molar-refractivity contribution in [3.63, 3.8) is 0 Å². The minimum Gasteiger partial charge on any atom is -0.354 e. The smallest absolute Gasteiger partial charge is 0.272 e. The lowest BCUT2D eigenvalue weighted by atomic mass is 10.1. The van der Waals surface area contributed by atoms with E-state index in [1.165, 1.54) is 4.88 Å². The number of carbonyl (C=O) groups excluding carboxylic acids is 1. The maximum Gasteiger partial charge on any atom is 0.272 e. The van der Waals surface area contributed by atoms with E-state index >= 15 is 0 Å². The molecule has 1 atom stereocenters. The van der Waals surface area contributed by atoms with E-state index in [0.717, 1.165) is 0 Å². The van der Waals surface area contributed by atoms with Crippen molar-refractivity contribution in [3.05, 3.63) is 62.7 Å². The fourth-order valence-electron chi connectivity index (χ4n) is 2.75. The van der Waals surface area contributed by atoms with Crippen molar-refractivity contribution in [2.75, 3.05) is 20.6 Å². The van der Waals surface area contributed by atoms with Crippen LogP contribution >= 0.6 is 11.3 Å². The van der Waals surface area contributed by atoms with Gasteiger partial charge >= 0.3 is 0 Å². The molecule has 0 unspecified atom stereocenters. The zero-order valence-corrected chi connectivity index (χ0v) is 15.0. The molecule has 1 amide bonds. The van der Waals surface area contributed by atoms with Crippen molar-refractivity contribution in [3.8, 4) is 0 Å². The number of nitrogens with zero attached hydrogens (tertiary/aromatic N) is 2. The third kappa shape index (κ3) is 3.94. The van der Waals surface area contributed by atoms with Gasteiger partial charge in [0.15, 0.2) is 0 Å². The summed E-state index contributed by atoms with van der Waals surface area (Å²) >= 11 is 1.67. The molecule has 0 radical (unpaired) electrons. The molecule has 0 aliphatic heterocycles. The maximum atomic E-state index is 12.4. The molecule has 0 aliphatic carbocycles. The molecule has 0 saturated heterocycles. The quantitative estimate of drug-likeness (QED) is 0.708. The fourth-order valence-corrected chi connectivity index (χ4v) is 3.67. The molecule has 25 heavy (non-hydrogen) atoms. The number of likely N-dealkylation sites (N-methyl/N-ethyl adjacent to an activating group) is 1. The highest BCUT2D eigenvalue weighted by atomic mass is 32.1. The maximum absolute atomic E-state index is 12.4. The van der Waals surface area contributed by atoms with E-state index in [1.54, 1.807) is 23.5 Å². The molecular weight excluding hydrogens is 336 g/mol.